The SMILES string of the molecule is CCCNC(C)(C#N)CN(C)CC1CCCCC1. The van der Waals surface area contributed by atoms with E-state index in [4.69, 9.17) is 0 Å². The normalized spacial score (nSPS) is 20.6. The van der Waals surface area contributed by atoms with Gasteiger partial charge in [0.25, 0.3) is 0 Å². The van der Waals surface area contributed by atoms with Crippen molar-refractivity contribution in [1.29, 1.82) is 5.26 Å². The highest BCUT2D eigenvalue weighted by Gasteiger charge is 2.26. The summed E-state index contributed by atoms with van der Waals surface area (Å²) in [7, 11) is 2.15. The molecule has 0 heterocycles. The Labute approximate surface area is 113 Å². The maximum atomic E-state index is 9.33. The van der Waals surface area contributed by atoms with Crippen molar-refractivity contribution < 1.29 is 0 Å². The highest BCUT2D eigenvalue weighted by molar-refractivity contribution is 5.05. The van der Waals surface area contributed by atoms with Gasteiger partial charge in [-0.15, -0.1) is 0 Å². The summed E-state index contributed by atoms with van der Waals surface area (Å²) in [5.74, 6) is 0.845. The summed E-state index contributed by atoms with van der Waals surface area (Å²) in [6.07, 6.45) is 8.01. The first-order valence-corrected chi connectivity index (χ1v) is 7.44. The Morgan fingerprint density at radius 3 is 2.56 bits per heavy atom. The minimum Gasteiger partial charge on any atom is -0.303 e. The lowest BCUT2D eigenvalue weighted by molar-refractivity contribution is 0.201. The van der Waals surface area contributed by atoms with Crippen molar-refractivity contribution in [3.8, 4) is 6.07 Å². The largest absolute Gasteiger partial charge is 0.303 e. The maximum Gasteiger partial charge on any atom is 0.116 e. The zero-order chi connectivity index (χ0) is 13.4. The Hall–Kier alpha value is -0.590. The van der Waals surface area contributed by atoms with E-state index in [2.05, 4.69) is 30.3 Å². The van der Waals surface area contributed by atoms with Gasteiger partial charge in [-0.2, -0.15) is 5.26 Å². The Morgan fingerprint density at radius 2 is 2.00 bits per heavy atom. The summed E-state index contributed by atoms with van der Waals surface area (Å²) in [5.41, 5.74) is -0.403. The summed E-state index contributed by atoms with van der Waals surface area (Å²) >= 11 is 0. The van der Waals surface area contributed by atoms with Crippen molar-refractivity contribution in [2.45, 2.75) is 57.9 Å². The zero-order valence-corrected chi connectivity index (χ0v) is 12.3. The number of nitrogens with zero attached hydrogens (tertiary/aromatic N) is 2. The second-order valence-electron chi connectivity index (χ2n) is 6.07. The first-order valence-electron chi connectivity index (χ1n) is 7.44. The van der Waals surface area contributed by atoms with Crippen molar-refractivity contribution >= 4 is 0 Å². The monoisotopic (exact) mass is 251 g/mol. The lowest BCUT2D eigenvalue weighted by Crippen LogP contribution is -2.50. The van der Waals surface area contributed by atoms with Crippen LogP contribution >= 0.6 is 0 Å². The van der Waals surface area contributed by atoms with Crippen LogP contribution in [0.15, 0.2) is 0 Å². The van der Waals surface area contributed by atoms with Gasteiger partial charge in [0.15, 0.2) is 0 Å². The van der Waals surface area contributed by atoms with Crippen LogP contribution in [0.5, 0.6) is 0 Å². The molecule has 1 unspecified atom stereocenters. The van der Waals surface area contributed by atoms with Gasteiger partial charge in [-0.25, -0.2) is 0 Å². The standard InChI is InChI=1S/C15H29N3/c1-4-10-17-15(2,12-16)13-18(3)11-14-8-6-5-7-9-14/h14,17H,4-11,13H2,1-3H3. The average Bonchev–Trinajstić information content (AvgIpc) is 2.37. The van der Waals surface area contributed by atoms with Crippen LogP contribution in [0.4, 0.5) is 0 Å². The van der Waals surface area contributed by atoms with Gasteiger partial charge in [0.1, 0.15) is 5.54 Å². The second-order valence-corrected chi connectivity index (χ2v) is 6.07. The van der Waals surface area contributed by atoms with Gasteiger partial charge in [0.05, 0.1) is 6.07 Å². The van der Waals surface area contributed by atoms with Gasteiger partial charge in [0.2, 0.25) is 0 Å². The minimum atomic E-state index is -0.403. The fourth-order valence-corrected chi connectivity index (χ4v) is 2.95. The third kappa shape index (κ3) is 5.37. The fourth-order valence-electron chi connectivity index (χ4n) is 2.95. The first-order chi connectivity index (χ1) is 8.59. The molecule has 1 rings (SSSR count). The molecule has 0 radical (unpaired) electrons. The number of hydrogen-bond donors (Lipinski definition) is 1. The molecule has 3 nitrogen and oxygen atoms in total. The molecule has 0 amide bonds. The fraction of sp³-hybridized carbons (Fsp3) is 0.933. The molecule has 1 fully saturated rings. The van der Waals surface area contributed by atoms with Crippen molar-refractivity contribution in [3.05, 3.63) is 0 Å². The van der Waals surface area contributed by atoms with E-state index in [-0.39, 0.29) is 0 Å². The number of nitriles is 1. The number of likely N-dealkylation sites (N-methyl/N-ethyl adjacent to an activating group) is 1. The predicted molar refractivity (Wildman–Crippen MR) is 76.4 cm³/mol. The topological polar surface area (TPSA) is 39.1 Å². The molecule has 0 bridgehead atoms. The Balaban J connectivity index is 2.36. The van der Waals surface area contributed by atoms with E-state index in [0.717, 1.165) is 32.0 Å². The highest BCUT2D eigenvalue weighted by Crippen LogP contribution is 2.24. The molecule has 18 heavy (non-hydrogen) atoms. The summed E-state index contributed by atoms with van der Waals surface area (Å²) in [6, 6.07) is 2.43. The molecule has 0 saturated heterocycles. The molecule has 0 aromatic rings. The van der Waals surface area contributed by atoms with Crippen LogP contribution in [0.25, 0.3) is 0 Å². The molecule has 1 N–H and O–H groups in total. The molecule has 1 aliphatic carbocycles. The number of rotatable bonds is 7. The smallest absolute Gasteiger partial charge is 0.116 e. The molecular weight excluding hydrogens is 222 g/mol. The lowest BCUT2D eigenvalue weighted by Gasteiger charge is -2.32. The van der Waals surface area contributed by atoms with E-state index in [1.54, 1.807) is 0 Å². The van der Waals surface area contributed by atoms with Crippen LogP contribution in [-0.4, -0.2) is 37.1 Å². The molecule has 0 spiro atoms. The second kappa shape index (κ2) is 7.76. The van der Waals surface area contributed by atoms with Gasteiger partial charge < -0.3 is 4.90 Å². The van der Waals surface area contributed by atoms with E-state index >= 15 is 0 Å². The Kier molecular flexibility index (Phi) is 6.67. The van der Waals surface area contributed by atoms with Crippen LogP contribution < -0.4 is 5.32 Å². The maximum absolute atomic E-state index is 9.33. The third-order valence-corrected chi connectivity index (χ3v) is 3.89. The van der Waals surface area contributed by atoms with Crippen molar-refractivity contribution in [2.24, 2.45) is 5.92 Å². The van der Waals surface area contributed by atoms with Gasteiger partial charge in [-0.1, -0.05) is 26.2 Å². The van der Waals surface area contributed by atoms with E-state index in [9.17, 15) is 5.26 Å². The molecule has 104 valence electrons. The van der Waals surface area contributed by atoms with E-state index in [1.807, 2.05) is 6.92 Å². The van der Waals surface area contributed by atoms with E-state index in [1.165, 1.54) is 32.1 Å². The zero-order valence-electron chi connectivity index (χ0n) is 12.3. The summed E-state index contributed by atoms with van der Waals surface area (Å²) in [6.45, 7) is 7.03. The molecule has 1 saturated carbocycles. The van der Waals surface area contributed by atoms with Crippen LogP contribution in [0, 0.1) is 17.2 Å². The van der Waals surface area contributed by atoms with Crippen molar-refractivity contribution in [1.82, 2.24) is 10.2 Å². The van der Waals surface area contributed by atoms with Crippen LogP contribution in [0.3, 0.4) is 0 Å². The molecular formula is C15H29N3. The summed E-state index contributed by atoms with van der Waals surface area (Å²) in [4.78, 5) is 2.34. The van der Waals surface area contributed by atoms with Gasteiger partial charge >= 0.3 is 0 Å². The molecule has 0 aromatic carbocycles. The average molecular weight is 251 g/mol. The van der Waals surface area contributed by atoms with Crippen LogP contribution in [0.2, 0.25) is 0 Å². The van der Waals surface area contributed by atoms with Crippen molar-refractivity contribution in [2.75, 3.05) is 26.7 Å². The minimum absolute atomic E-state index is 0.403. The molecule has 0 aliphatic heterocycles. The molecule has 0 aromatic heterocycles. The number of nitrogens with one attached hydrogen (secondary N) is 1. The van der Waals surface area contributed by atoms with Gasteiger partial charge in [-0.05, 0) is 45.7 Å². The van der Waals surface area contributed by atoms with Gasteiger partial charge in [-0.3, -0.25) is 5.32 Å². The molecule has 1 atom stereocenters. The third-order valence-electron chi connectivity index (χ3n) is 3.89. The quantitative estimate of drug-likeness (QED) is 0.756. The highest BCUT2D eigenvalue weighted by atomic mass is 15.1. The molecule has 3 heteroatoms. The summed E-state index contributed by atoms with van der Waals surface area (Å²) < 4.78 is 0. The van der Waals surface area contributed by atoms with Crippen molar-refractivity contribution in [3.63, 3.8) is 0 Å². The predicted octanol–water partition coefficient (Wildman–Crippen LogP) is 2.78. The van der Waals surface area contributed by atoms with Crippen LogP contribution in [-0.2, 0) is 0 Å². The van der Waals surface area contributed by atoms with E-state index < -0.39 is 5.54 Å². The van der Waals surface area contributed by atoms with E-state index in [0.29, 0.717) is 0 Å². The summed E-state index contributed by atoms with van der Waals surface area (Å²) in [5, 5.41) is 12.7. The van der Waals surface area contributed by atoms with Gasteiger partial charge in [0, 0.05) is 13.1 Å². The van der Waals surface area contributed by atoms with Crippen LogP contribution in [0.1, 0.15) is 52.4 Å². The molecule has 1 aliphatic rings. The first kappa shape index (κ1) is 15.5. The lowest BCUT2D eigenvalue weighted by atomic mass is 9.88. The Morgan fingerprint density at radius 1 is 1.33 bits per heavy atom. The Bertz CT molecular complexity index is 265. The number of hydrogen-bond acceptors (Lipinski definition) is 3.